The molecule has 0 atom stereocenters. The minimum Gasteiger partial charge on any atom is -0.339 e. The summed E-state index contributed by atoms with van der Waals surface area (Å²) >= 11 is 0. The Morgan fingerprint density at radius 2 is 1.85 bits per heavy atom. The molecule has 3 rings (SSSR count). The number of aryl methyl sites for hydroxylation is 1. The topological polar surface area (TPSA) is 90.1 Å². The molecule has 9 heteroatoms. The number of nitrogens with zero attached hydrogens (tertiary/aromatic N) is 5. The van der Waals surface area contributed by atoms with Gasteiger partial charge < -0.3 is 4.57 Å². The van der Waals surface area contributed by atoms with Gasteiger partial charge in [-0.05, 0) is 24.8 Å². The van der Waals surface area contributed by atoms with Crippen LogP contribution in [-0.2, 0) is 29.0 Å². The fraction of sp³-hybridized carbons (Fsp3) is 0.611. The number of aromatic nitrogens is 4. The lowest BCUT2D eigenvalue weighted by atomic mass is 9.92. The number of sulfonamides is 1. The molecule has 8 nitrogen and oxygen atoms in total. The molecule has 2 aromatic heterocycles. The molecule has 2 aromatic rings. The molecular formula is C18H27N5O3S. The Hall–Kier alpha value is -2.00. The summed E-state index contributed by atoms with van der Waals surface area (Å²) in [6, 6.07) is 3.34. The van der Waals surface area contributed by atoms with Gasteiger partial charge in [-0.25, -0.2) is 18.1 Å². The maximum absolute atomic E-state index is 12.7. The molecule has 27 heavy (non-hydrogen) atoms. The van der Waals surface area contributed by atoms with Crippen LogP contribution in [0.3, 0.4) is 0 Å². The lowest BCUT2D eigenvalue weighted by molar-refractivity contribution is 0.243. The number of hydrogen-bond donors (Lipinski definition) is 0. The molecule has 0 bridgehead atoms. The first-order valence-electron chi connectivity index (χ1n) is 9.14. The maximum atomic E-state index is 12.7. The summed E-state index contributed by atoms with van der Waals surface area (Å²) in [6.07, 6.45) is 4.39. The summed E-state index contributed by atoms with van der Waals surface area (Å²) in [7, 11) is -1.81. The average Bonchev–Trinajstić information content (AvgIpc) is 3.04. The molecule has 3 heterocycles. The number of hydrogen-bond acceptors (Lipinski definition) is 5. The summed E-state index contributed by atoms with van der Waals surface area (Å²) in [5.41, 5.74) is 0.624. The Balaban J connectivity index is 1.68. The summed E-state index contributed by atoms with van der Waals surface area (Å²) in [5.74, 6) is 0.223. The molecule has 0 N–H and O–H groups in total. The van der Waals surface area contributed by atoms with Crippen LogP contribution in [0.5, 0.6) is 0 Å². The predicted molar refractivity (Wildman–Crippen MR) is 102 cm³/mol. The van der Waals surface area contributed by atoms with Gasteiger partial charge in [0.1, 0.15) is 0 Å². The SMILES string of the molecule is Cn1cnc(S(=O)(=O)N2CCC(Cn3nc(C(C)(C)C)ccc3=O)CC2)c1. The van der Waals surface area contributed by atoms with Crippen LogP contribution >= 0.6 is 0 Å². The van der Waals surface area contributed by atoms with Crippen LogP contribution in [0.25, 0.3) is 0 Å². The van der Waals surface area contributed by atoms with Crippen molar-refractivity contribution in [3.8, 4) is 0 Å². The van der Waals surface area contributed by atoms with E-state index < -0.39 is 10.0 Å². The summed E-state index contributed by atoms with van der Waals surface area (Å²) in [4.78, 5) is 16.1. The molecule has 0 aliphatic carbocycles. The fourth-order valence-electron chi connectivity index (χ4n) is 3.21. The minimum atomic E-state index is -3.55. The van der Waals surface area contributed by atoms with E-state index in [-0.39, 0.29) is 21.9 Å². The Morgan fingerprint density at radius 3 is 2.41 bits per heavy atom. The van der Waals surface area contributed by atoms with Gasteiger partial charge in [0.15, 0.2) is 5.03 Å². The van der Waals surface area contributed by atoms with Crippen molar-refractivity contribution in [2.24, 2.45) is 13.0 Å². The highest BCUT2D eigenvalue weighted by molar-refractivity contribution is 7.89. The van der Waals surface area contributed by atoms with Gasteiger partial charge in [-0.3, -0.25) is 4.79 Å². The van der Waals surface area contributed by atoms with E-state index >= 15 is 0 Å². The van der Waals surface area contributed by atoms with Gasteiger partial charge in [-0.2, -0.15) is 9.40 Å². The van der Waals surface area contributed by atoms with Crippen molar-refractivity contribution in [1.29, 1.82) is 0 Å². The number of imidazole rings is 1. The molecule has 0 amide bonds. The van der Waals surface area contributed by atoms with Crippen LogP contribution in [-0.4, -0.2) is 45.1 Å². The monoisotopic (exact) mass is 393 g/mol. The predicted octanol–water partition coefficient (Wildman–Crippen LogP) is 1.38. The Bertz CT molecular complexity index is 963. The first-order valence-corrected chi connectivity index (χ1v) is 10.6. The third-order valence-corrected chi connectivity index (χ3v) is 6.71. The fourth-order valence-corrected chi connectivity index (χ4v) is 4.65. The van der Waals surface area contributed by atoms with Crippen molar-refractivity contribution in [2.45, 2.75) is 50.6 Å². The first kappa shape index (κ1) is 19.8. The second-order valence-corrected chi connectivity index (χ2v) is 10.1. The van der Waals surface area contributed by atoms with Crippen molar-refractivity contribution >= 4 is 10.0 Å². The van der Waals surface area contributed by atoms with Gasteiger partial charge in [-0.15, -0.1) is 0 Å². The first-order chi connectivity index (χ1) is 12.6. The zero-order valence-electron chi connectivity index (χ0n) is 16.3. The molecular weight excluding hydrogens is 366 g/mol. The Kier molecular flexibility index (Phi) is 5.27. The molecule has 0 spiro atoms. The van der Waals surface area contributed by atoms with Crippen LogP contribution in [0.15, 0.2) is 34.5 Å². The maximum Gasteiger partial charge on any atom is 0.266 e. The molecule has 0 unspecified atom stereocenters. The molecule has 0 radical (unpaired) electrons. The van der Waals surface area contributed by atoms with E-state index in [1.54, 1.807) is 23.7 Å². The van der Waals surface area contributed by atoms with Crippen LogP contribution in [0.2, 0.25) is 0 Å². The summed E-state index contributed by atoms with van der Waals surface area (Å²) < 4.78 is 29.9. The van der Waals surface area contributed by atoms with Crippen LogP contribution in [0.1, 0.15) is 39.3 Å². The van der Waals surface area contributed by atoms with E-state index in [9.17, 15) is 13.2 Å². The van der Waals surface area contributed by atoms with E-state index in [4.69, 9.17) is 0 Å². The highest BCUT2D eigenvalue weighted by Gasteiger charge is 2.31. The van der Waals surface area contributed by atoms with Crippen molar-refractivity contribution in [2.75, 3.05) is 13.1 Å². The summed E-state index contributed by atoms with van der Waals surface area (Å²) in [5, 5.41) is 4.60. The largest absolute Gasteiger partial charge is 0.339 e. The van der Waals surface area contributed by atoms with E-state index in [0.717, 1.165) is 5.69 Å². The highest BCUT2D eigenvalue weighted by atomic mass is 32.2. The van der Waals surface area contributed by atoms with Crippen molar-refractivity contribution in [3.63, 3.8) is 0 Å². The van der Waals surface area contributed by atoms with Gasteiger partial charge in [0.2, 0.25) is 0 Å². The van der Waals surface area contributed by atoms with E-state index in [0.29, 0.717) is 32.5 Å². The zero-order chi connectivity index (χ0) is 19.8. The summed E-state index contributed by atoms with van der Waals surface area (Å²) in [6.45, 7) is 7.55. The zero-order valence-corrected chi connectivity index (χ0v) is 17.1. The molecule has 148 valence electrons. The van der Waals surface area contributed by atoms with Crippen molar-refractivity contribution in [1.82, 2.24) is 23.6 Å². The lowest BCUT2D eigenvalue weighted by Crippen LogP contribution is -2.40. The van der Waals surface area contributed by atoms with Gasteiger partial charge in [0, 0.05) is 44.4 Å². The smallest absolute Gasteiger partial charge is 0.266 e. The molecule has 1 fully saturated rings. The van der Waals surface area contributed by atoms with Crippen molar-refractivity contribution < 1.29 is 8.42 Å². The van der Waals surface area contributed by atoms with Crippen LogP contribution < -0.4 is 5.56 Å². The number of piperidine rings is 1. The molecule has 0 saturated carbocycles. The Morgan fingerprint density at radius 1 is 1.19 bits per heavy atom. The molecule has 0 aromatic carbocycles. The highest BCUT2D eigenvalue weighted by Crippen LogP contribution is 2.24. The molecule has 1 aliphatic rings. The molecule has 1 aliphatic heterocycles. The van der Waals surface area contributed by atoms with Crippen LogP contribution in [0, 0.1) is 5.92 Å². The van der Waals surface area contributed by atoms with Crippen LogP contribution in [0.4, 0.5) is 0 Å². The standard InChI is InChI=1S/C18H27N5O3S/c1-18(2,3)15-5-6-17(24)23(20-15)11-14-7-9-22(10-8-14)27(25,26)16-12-21(4)13-19-16/h5-6,12-14H,7-11H2,1-4H3. The average molecular weight is 394 g/mol. The third kappa shape index (κ3) is 4.30. The lowest BCUT2D eigenvalue weighted by Gasteiger charge is -2.30. The van der Waals surface area contributed by atoms with Gasteiger partial charge in [0.25, 0.3) is 15.6 Å². The van der Waals surface area contributed by atoms with E-state index in [1.807, 2.05) is 0 Å². The second-order valence-electron chi connectivity index (χ2n) is 8.21. The number of rotatable bonds is 4. The van der Waals surface area contributed by atoms with Gasteiger partial charge in [0.05, 0.1) is 12.0 Å². The minimum absolute atomic E-state index is 0.0826. The van der Waals surface area contributed by atoms with E-state index in [2.05, 4.69) is 30.9 Å². The third-order valence-electron chi connectivity index (χ3n) is 4.93. The van der Waals surface area contributed by atoms with Gasteiger partial charge in [-0.1, -0.05) is 20.8 Å². The molecule has 1 saturated heterocycles. The quantitative estimate of drug-likeness (QED) is 0.783. The normalized spacial score (nSPS) is 17.3. The van der Waals surface area contributed by atoms with E-state index in [1.165, 1.54) is 21.5 Å². The second kappa shape index (κ2) is 7.20. The Labute approximate surface area is 159 Å². The van der Waals surface area contributed by atoms with Gasteiger partial charge >= 0.3 is 0 Å². The van der Waals surface area contributed by atoms with Crippen molar-refractivity contribution in [3.05, 3.63) is 40.7 Å².